The monoisotopic (exact) mass is 281 g/mol. The van der Waals surface area contributed by atoms with Gasteiger partial charge in [0.2, 0.25) is 5.88 Å². The molecule has 4 nitrogen and oxygen atoms in total. The van der Waals surface area contributed by atoms with Crippen LogP contribution >= 0.6 is 23.1 Å². The SMILES string of the molecule is CC(C)(C)Oc1nc(Sc2nccs2)ccc1N. The van der Waals surface area contributed by atoms with Crippen LogP contribution in [0, 0.1) is 0 Å². The van der Waals surface area contributed by atoms with Crippen molar-refractivity contribution in [1.29, 1.82) is 0 Å². The maximum absolute atomic E-state index is 5.86. The molecular weight excluding hydrogens is 266 g/mol. The summed E-state index contributed by atoms with van der Waals surface area (Å²) in [6, 6.07) is 3.68. The van der Waals surface area contributed by atoms with Gasteiger partial charge in [0, 0.05) is 11.6 Å². The van der Waals surface area contributed by atoms with E-state index in [9.17, 15) is 0 Å². The Hall–Kier alpha value is -1.27. The molecule has 0 atom stereocenters. The van der Waals surface area contributed by atoms with E-state index in [1.807, 2.05) is 38.3 Å². The first-order valence-corrected chi connectivity index (χ1v) is 7.16. The summed E-state index contributed by atoms with van der Waals surface area (Å²) in [5, 5.41) is 2.77. The molecule has 18 heavy (non-hydrogen) atoms. The third kappa shape index (κ3) is 3.61. The summed E-state index contributed by atoms with van der Waals surface area (Å²) < 4.78 is 6.68. The maximum atomic E-state index is 5.86. The fourth-order valence-electron chi connectivity index (χ4n) is 1.21. The molecule has 0 radical (unpaired) electrons. The number of nitrogens with two attached hydrogens (primary N) is 1. The van der Waals surface area contributed by atoms with E-state index in [2.05, 4.69) is 9.97 Å². The van der Waals surface area contributed by atoms with Crippen molar-refractivity contribution in [1.82, 2.24) is 9.97 Å². The van der Waals surface area contributed by atoms with Crippen molar-refractivity contribution < 1.29 is 4.74 Å². The lowest BCUT2D eigenvalue weighted by molar-refractivity contribution is 0.124. The van der Waals surface area contributed by atoms with Crippen LogP contribution in [-0.2, 0) is 0 Å². The van der Waals surface area contributed by atoms with Gasteiger partial charge < -0.3 is 10.5 Å². The quantitative estimate of drug-likeness (QED) is 0.933. The van der Waals surface area contributed by atoms with Gasteiger partial charge in [0.05, 0.1) is 5.69 Å². The van der Waals surface area contributed by atoms with Crippen molar-refractivity contribution in [3.05, 3.63) is 23.7 Å². The fourth-order valence-corrected chi connectivity index (χ4v) is 2.75. The van der Waals surface area contributed by atoms with Gasteiger partial charge in [-0.15, -0.1) is 11.3 Å². The lowest BCUT2D eigenvalue weighted by Crippen LogP contribution is -2.24. The second kappa shape index (κ2) is 5.16. The van der Waals surface area contributed by atoms with Gasteiger partial charge in [-0.2, -0.15) is 0 Å². The molecule has 0 bridgehead atoms. The van der Waals surface area contributed by atoms with Crippen molar-refractivity contribution in [3.8, 4) is 5.88 Å². The molecule has 2 rings (SSSR count). The summed E-state index contributed by atoms with van der Waals surface area (Å²) in [7, 11) is 0. The van der Waals surface area contributed by atoms with Crippen molar-refractivity contribution in [2.24, 2.45) is 0 Å². The fraction of sp³-hybridized carbons (Fsp3) is 0.333. The van der Waals surface area contributed by atoms with E-state index in [-0.39, 0.29) is 5.60 Å². The molecule has 0 saturated heterocycles. The van der Waals surface area contributed by atoms with Gasteiger partial charge >= 0.3 is 0 Å². The van der Waals surface area contributed by atoms with E-state index in [1.54, 1.807) is 17.5 Å². The minimum atomic E-state index is -0.314. The Balaban J connectivity index is 2.21. The molecule has 0 fully saturated rings. The van der Waals surface area contributed by atoms with Crippen LogP contribution in [0.2, 0.25) is 0 Å². The standard InChI is InChI=1S/C12H15N3OS2/c1-12(2,3)16-10-8(13)4-5-9(15-10)18-11-14-6-7-17-11/h4-7H,13H2,1-3H3. The second-order valence-electron chi connectivity index (χ2n) is 4.66. The molecule has 2 aromatic heterocycles. The lowest BCUT2D eigenvalue weighted by Gasteiger charge is -2.21. The van der Waals surface area contributed by atoms with Gasteiger partial charge in [-0.3, -0.25) is 0 Å². The zero-order chi connectivity index (χ0) is 13.2. The first kappa shape index (κ1) is 13.2. The summed E-state index contributed by atoms with van der Waals surface area (Å²) in [6.45, 7) is 5.90. The van der Waals surface area contributed by atoms with E-state index >= 15 is 0 Å². The van der Waals surface area contributed by atoms with E-state index in [4.69, 9.17) is 10.5 Å². The highest BCUT2D eigenvalue weighted by molar-refractivity contribution is 8.00. The van der Waals surface area contributed by atoms with E-state index in [0.29, 0.717) is 11.6 Å². The van der Waals surface area contributed by atoms with Crippen LogP contribution in [0.15, 0.2) is 33.1 Å². The smallest absolute Gasteiger partial charge is 0.238 e. The van der Waals surface area contributed by atoms with Crippen LogP contribution in [0.4, 0.5) is 5.69 Å². The van der Waals surface area contributed by atoms with Gasteiger partial charge in [0.25, 0.3) is 0 Å². The van der Waals surface area contributed by atoms with Crippen LogP contribution in [-0.4, -0.2) is 15.6 Å². The van der Waals surface area contributed by atoms with E-state index in [0.717, 1.165) is 9.37 Å². The number of nitrogens with zero attached hydrogens (tertiary/aromatic N) is 2. The summed E-state index contributed by atoms with van der Waals surface area (Å²) >= 11 is 3.08. The minimum Gasteiger partial charge on any atom is -0.470 e. The number of hydrogen-bond acceptors (Lipinski definition) is 6. The average Bonchev–Trinajstić information content (AvgIpc) is 2.74. The van der Waals surface area contributed by atoms with Crippen molar-refractivity contribution in [2.45, 2.75) is 35.7 Å². The molecule has 2 N–H and O–H groups in total. The van der Waals surface area contributed by atoms with Crippen LogP contribution < -0.4 is 10.5 Å². The number of rotatable bonds is 3. The highest BCUT2D eigenvalue weighted by Gasteiger charge is 2.16. The molecule has 0 aliphatic heterocycles. The molecule has 0 saturated carbocycles. The van der Waals surface area contributed by atoms with Crippen LogP contribution in [0.25, 0.3) is 0 Å². The zero-order valence-electron chi connectivity index (χ0n) is 10.5. The summed E-state index contributed by atoms with van der Waals surface area (Å²) in [6.07, 6.45) is 1.77. The van der Waals surface area contributed by atoms with Crippen LogP contribution in [0.5, 0.6) is 5.88 Å². The normalized spacial score (nSPS) is 11.5. The Morgan fingerprint density at radius 2 is 2.11 bits per heavy atom. The topological polar surface area (TPSA) is 61.0 Å². The Morgan fingerprint density at radius 3 is 2.72 bits per heavy atom. The summed E-state index contributed by atoms with van der Waals surface area (Å²) in [5.41, 5.74) is 6.10. The molecule has 0 aliphatic rings. The van der Waals surface area contributed by atoms with Gasteiger partial charge in [0.1, 0.15) is 10.6 Å². The number of aromatic nitrogens is 2. The number of ether oxygens (including phenoxy) is 1. The minimum absolute atomic E-state index is 0.314. The number of hydrogen-bond donors (Lipinski definition) is 1. The molecule has 0 spiro atoms. The predicted molar refractivity (Wildman–Crippen MR) is 75.3 cm³/mol. The molecule has 96 valence electrons. The second-order valence-corrected chi connectivity index (χ2v) is 6.82. The van der Waals surface area contributed by atoms with Gasteiger partial charge in [-0.1, -0.05) is 0 Å². The molecule has 2 aromatic rings. The number of thiazole rings is 1. The van der Waals surface area contributed by atoms with Crippen molar-refractivity contribution >= 4 is 28.8 Å². The Morgan fingerprint density at radius 1 is 1.33 bits per heavy atom. The van der Waals surface area contributed by atoms with Gasteiger partial charge in [0.15, 0.2) is 4.34 Å². The van der Waals surface area contributed by atoms with Gasteiger partial charge in [-0.05, 0) is 44.7 Å². The Labute approximate surface area is 115 Å². The molecule has 0 aliphatic carbocycles. The van der Waals surface area contributed by atoms with Crippen LogP contribution in [0.1, 0.15) is 20.8 Å². The Bertz CT molecular complexity index is 521. The first-order chi connectivity index (χ1) is 8.44. The van der Waals surface area contributed by atoms with E-state index in [1.165, 1.54) is 11.8 Å². The molecule has 2 heterocycles. The molecule has 6 heteroatoms. The molecule has 0 unspecified atom stereocenters. The first-order valence-electron chi connectivity index (χ1n) is 5.47. The van der Waals surface area contributed by atoms with Crippen molar-refractivity contribution in [3.63, 3.8) is 0 Å². The highest BCUT2D eigenvalue weighted by atomic mass is 32.2. The Kier molecular flexibility index (Phi) is 3.77. The predicted octanol–water partition coefficient (Wildman–Crippen LogP) is 3.45. The molecule has 0 amide bonds. The number of nitrogen functional groups attached to an aromatic ring is 1. The van der Waals surface area contributed by atoms with Gasteiger partial charge in [-0.25, -0.2) is 9.97 Å². The maximum Gasteiger partial charge on any atom is 0.238 e. The average molecular weight is 281 g/mol. The third-order valence-electron chi connectivity index (χ3n) is 1.87. The largest absolute Gasteiger partial charge is 0.470 e. The number of anilines is 1. The highest BCUT2D eigenvalue weighted by Crippen LogP contribution is 2.31. The number of pyridine rings is 1. The molecule has 0 aromatic carbocycles. The third-order valence-corrected chi connectivity index (χ3v) is 3.69. The molecular formula is C12H15N3OS2. The van der Waals surface area contributed by atoms with Crippen LogP contribution in [0.3, 0.4) is 0 Å². The van der Waals surface area contributed by atoms with Crippen molar-refractivity contribution in [2.75, 3.05) is 5.73 Å². The summed E-state index contributed by atoms with van der Waals surface area (Å²) in [5.74, 6) is 0.476. The summed E-state index contributed by atoms with van der Waals surface area (Å²) in [4.78, 5) is 8.62. The van der Waals surface area contributed by atoms with E-state index < -0.39 is 0 Å². The zero-order valence-corrected chi connectivity index (χ0v) is 12.1. The lowest BCUT2D eigenvalue weighted by atomic mass is 10.2.